The van der Waals surface area contributed by atoms with Crippen LogP contribution in [0.5, 0.6) is 5.75 Å². The quantitative estimate of drug-likeness (QED) is 0.809. The molecule has 0 bridgehead atoms. The van der Waals surface area contributed by atoms with Crippen LogP contribution in [-0.2, 0) is 4.79 Å². The third-order valence-electron chi connectivity index (χ3n) is 4.39. The summed E-state index contributed by atoms with van der Waals surface area (Å²) in [5.74, 6) is 0.372. The zero-order valence-electron chi connectivity index (χ0n) is 15.6. The molecule has 7 nitrogen and oxygen atoms in total. The molecule has 2 rings (SSSR count). The SMILES string of the molecule is CC(C)(C)N(C(=O)O)C(C(=O)N1CCCC1)c1ccc(OCCO)cc1. The minimum atomic E-state index is -1.13. The second kappa shape index (κ2) is 8.40. The lowest BCUT2D eigenvalue weighted by Crippen LogP contribution is -2.52. The average Bonchev–Trinajstić information content (AvgIpc) is 3.11. The first-order valence-electron chi connectivity index (χ1n) is 8.90. The van der Waals surface area contributed by atoms with Crippen LogP contribution in [0.25, 0.3) is 0 Å². The van der Waals surface area contributed by atoms with E-state index in [9.17, 15) is 14.7 Å². The van der Waals surface area contributed by atoms with Crippen molar-refractivity contribution in [2.24, 2.45) is 0 Å². The summed E-state index contributed by atoms with van der Waals surface area (Å²) in [6.07, 6.45) is 0.750. The van der Waals surface area contributed by atoms with Gasteiger partial charge in [-0.2, -0.15) is 0 Å². The number of carbonyl (C=O) groups excluding carboxylic acids is 1. The van der Waals surface area contributed by atoms with E-state index in [0.29, 0.717) is 24.4 Å². The van der Waals surface area contributed by atoms with Gasteiger partial charge in [0.15, 0.2) is 0 Å². The number of aliphatic hydroxyl groups excluding tert-OH is 1. The summed E-state index contributed by atoms with van der Waals surface area (Å²) >= 11 is 0. The van der Waals surface area contributed by atoms with Crippen molar-refractivity contribution >= 4 is 12.0 Å². The largest absolute Gasteiger partial charge is 0.491 e. The number of hydrogen-bond acceptors (Lipinski definition) is 4. The molecule has 1 aliphatic rings. The molecule has 1 heterocycles. The topological polar surface area (TPSA) is 90.3 Å². The monoisotopic (exact) mass is 364 g/mol. The van der Waals surface area contributed by atoms with Crippen molar-refractivity contribution in [3.8, 4) is 5.75 Å². The standard InChI is InChI=1S/C19H28N2O5/c1-19(2,3)21(18(24)25)16(17(23)20-10-4-5-11-20)14-6-8-15(9-7-14)26-13-12-22/h6-9,16,22H,4-5,10-13H2,1-3H3,(H,24,25). The number of ether oxygens (including phenoxy) is 1. The van der Waals surface area contributed by atoms with Gasteiger partial charge in [-0.25, -0.2) is 4.79 Å². The highest BCUT2D eigenvalue weighted by Gasteiger charge is 2.40. The number of nitrogens with zero attached hydrogens (tertiary/aromatic N) is 2. The molecule has 26 heavy (non-hydrogen) atoms. The third kappa shape index (κ3) is 4.66. The Morgan fingerprint density at radius 2 is 1.77 bits per heavy atom. The predicted molar refractivity (Wildman–Crippen MR) is 97.2 cm³/mol. The van der Waals surface area contributed by atoms with E-state index in [1.807, 2.05) is 0 Å². The molecule has 0 aromatic heterocycles. The molecule has 1 fully saturated rings. The highest BCUT2D eigenvalue weighted by molar-refractivity contribution is 5.87. The van der Waals surface area contributed by atoms with Crippen LogP contribution >= 0.6 is 0 Å². The first kappa shape index (κ1) is 20.0. The molecule has 1 unspecified atom stereocenters. The molecular weight excluding hydrogens is 336 g/mol. The highest BCUT2D eigenvalue weighted by Crippen LogP contribution is 2.32. The van der Waals surface area contributed by atoms with E-state index < -0.39 is 17.7 Å². The highest BCUT2D eigenvalue weighted by atomic mass is 16.5. The molecular formula is C19H28N2O5. The zero-order valence-corrected chi connectivity index (χ0v) is 15.6. The summed E-state index contributed by atoms with van der Waals surface area (Å²) in [6.45, 7) is 6.75. The van der Waals surface area contributed by atoms with Crippen LogP contribution in [-0.4, -0.2) is 63.9 Å². The molecule has 0 aliphatic carbocycles. The third-order valence-corrected chi connectivity index (χ3v) is 4.39. The van der Waals surface area contributed by atoms with Crippen molar-refractivity contribution < 1.29 is 24.5 Å². The smallest absolute Gasteiger partial charge is 0.408 e. The van der Waals surface area contributed by atoms with E-state index in [4.69, 9.17) is 9.84 Å². The van der Waals surface area contributed by atoms with E-state index in [1.165, 1.54) is 4.90 Å². The molecule has 0 radical (unpaired) electrons. The van der Waals surface area contributed by atoms with Gasteiger partial charge in [-0.15, -0.1) is 0 Å². The average molecular weight is 364 g/mol. The Balaban J connectivity index is 2.39. The van der Waals surface area contributed by atoms with Crippen LogP contribution in [0.3, 0.4) is 0 Å². The van der Waals surface area contributed by atoms with Gasteiger partial charge in [0.05, 0.1) is 6.61 Å². The van der Waals surface area contributed by atoms with Crippen molar-refractivity contribution in [1.29, 1.82) is 0 Å². The summed E-state index contributed by atoms with van der Waals surface area (Å²) in [6, 6.07) is 5.91. The van der Waals surface area contributed by atoms with Crippen LogP contribution < -0.4 is 4.74 Å². The molecule has 0 spiro atoms. The van der Waals surface area contributed by atoms with Crippen molar-refractivity contribution in [1.82, 2.24) is 9.80 Å². The summed E-state index contributed by atoms with van der Waals surface area (Å²) in [7, 11) is 0. The normalized spacial score (nSPS) is 15.6. The molecule has 1 atom stereocenters. The zero-order chi connectivity index (χ0) is 19.3. The van der Waals surface area contributed by atoms with Crippen molar-refractivity contribution in [2.75, 3.05) is 26.3 Å². The van der Waals surface area contributed by atoms with Gasteiger partial charge in [0, 0.05) is 18.6 Å². The number of benzene rings is 1. The van der Waals surface area contributed by atoms with E-state index in [1.54, 1.807) is 49.9 Å². The Hall–Kier alpha value is -2.28. The molecule has 1 aliphatic heterocycles. The minimum Gasteiger partial charge on any atom is -0.491 e. The predicted octanol–water partition coefficient (Wildman–Crippen LogP) is 2.50. The Morgan fingerprint density at radius 1 is 1.19 bits per heavy atom. The van der Waals surface area contributed by atoms with Gasteiger partial charge < -0.3 is 19.8 Å². The molecule has 2 N–H and O–H groups in total. The second-order valence-corrected chi connectivity index (χ2v) is 7.40. The number of amides is 2. The number of rotatable bonds is 6. The molecule has 0 saturated carbocycles. The Labute approximate surface area is 154 Å². The van der Waals surface area contributed by atoms with Crippen LogP contribution in [0.4, 0.5) is 4.79 Å². The van der Waals surface area contributed by atoms with Gasteiger partial charge >= 0.3 is 6.09 Å². The van der Waals surface area contributed by atoms with Gasteiger partial charge in [-0.3, -0.25) is 9.69 Å². The lowest BCUT2D eigenvalue weighted by molar-refractivity contribution is -0.137. The van der Waals surface area contributed by atoms with Crippen LogP contribution in [0.1, 0.15) is 45.2 Å². The molecule has 2 amide bonds. The van der Waals surface area contributed by atoms with Gasteiger partial charge in [0.2, 0.25) is 5.91 Å². The first-order valence-corrected chi connectivity index (χ1v) is 8.90. The van der Waals surface area contributed by atoms with Crippen LogP contribution in [0, 0.1) is 0 Å². The van der Waals surface area contributed by atoms with Gasteiger partial charge in [-0.1, -0.05) is 12.1 Å². The van der Waals surface area contributed by atoms with E-state index in [2.05, 4.69) is 0 Å². The van der Waals surface area contributed by atoms with E-state index in [0.717, 1.165) is 12.8 Å². The minimum absolute atomic E-state index is 0.0887. The maximum Gasteiger partial charge on any atom is 0.408 e. The van der Waals surface area contributed by atoms with Crippen molar-refractivity contribution in [2.45, 2.75) is 45.2 Å². The maximum absolute atomic E-state index is 13.2. The van der Waals surface area contributed by atoms with Gasteiger partial charge in [-0.05, 0) is 51.3 Å². The molecule has 1 aromatic rings. The van der Waals surface area contributed by atoms with Crippen LogP contribution in [0.15, 0.2) is 24.3 Å². The number of hydrogen-bond donors (Lipinski definition) is 2. The fraction of sp³-hybridized carbons (Fsp3) is 0.579. The number of carbonyl (C=O) groups is 2. The molecule has 7 heteroatoms. The van der Waals surface area contributed by atoms with Crippen molar-refractivity contribution in [3.63, 3.8) is 0 Å². The Bertz CT molecular complexity index is 618. The molecule has 1 saturated heterocycles. The van der Waals surface area contributed by atoms with E-state index in [-0.39, 0.29) is 19.1 Å². The first-order chi connectivity index (χ1) is 12.3. The molecule has 1 aromatic carbocycles. The Morgan fingerprint density at radius 3 is 2.23 bits per heavy atom. The molecule has 144 valence electrons. The fourth-order valence-corrected chi connectivity index (χ4v) is 3.21. The number of aliphatic hydroxyl groups is 1. The second-order valence-electron chi connectivity index (χ2n) is 7.40. The summed E-state index contributed by atoms with van der Waals surface area (Å²) in [5, 5.41) is 18.6. The fourth-order valence-electron chi connectivity index (χ4n) is 3.21. The summed E-state index contributed by atoms with van der Waals surface area (Å²) < 4.78 is 5.35. The lowest BCUT2D eigenvalue weighted by atomic mass is 9.97. The van der Waals surface area contributed by atoms with Gasteiger partial charge in [0.1, 0.15) is 18.4 Å². The number of carboxylic acid groups (broad SMARTS) is 1. The lowest BCUT2D eigenvalue weighted by Gasteiger charge is -2.40. The summed E-state index contributed by atoms with van der Waals surface area (Å²) in [4.78, 5) is 28.1. The van der Waals surface area contributed by atoms with E-state index >= 15 is 0 Å². The van der Waals surface area contributed by atoms with Crippen LogP contribution in [0.2, 0.25) is 0 Å². The van der Waals surface area contributed by atoms with Crippen molar-refractivity contribution in [3.05, 3.63) is 29.8 Å². The maximum atomic E-state index is 13.2. The summed E-state index contributed by atoms with van der Waals surface area (Å²) in [5.41, 5.74) is -0.131. The Kier molecular flexibility index (Phi) is 6.47. The number of likely N-dealkylation sites (tertiary alicyclic amines) is 1. The van der Waals surface area contributed by atoms with Gasteiger partial charge in [0.25, 0.3) is 0 Å².